The first kappa shape index (κ1) is 20.5. The summed E-state index contributed by atoms with van der Waals surface area (Å²) in [5, 5.41) is 13.5. The second kappa shape index (κ2) is 8.63. The molecule has 1 N–H and O–H groups in total. The van der Waals surface area contributed by atoms with Crippen molar-refractivity contribution in [3.63, 3.8) is 0 Å². The van der Waals surface area contributed by atoms with E-state index in [1.807, 2.05) is 25.1 Å². The number of likely N-dealkylation sites (tertiary alicyclic amines) is 1. The normalized spacial score (nSPS) is 15.8. The molecule has 1 saturated heterocycles. The third-order valence-electron chi connectivity index (χ3n) is 6.13. The van der Waals surface area contributed by atoms with Gasteiger partial charge in [-0.1, -0.05) is 30.2 Å². The molecule has 1 atom stereocenters. The molecule has 0 spiro atoms. The van der Waals surface area contributed by atoms with Crippen LogP contribution in [0.25, 0.3) is 10.9 Å². The van der Waals surface area contributed by atoms with E-state index in [9.17, 15) is 9.18 Å². The predicted molar refractivity (Wildman–Crippen MR) is 120 cm³/mol. The van der Waals surface area contributed by atoms with Crippen molar-refractivity contribution in [2.75, 3.05) is 13.1 Å². The highest BCUT2D eigenvalue weighted by atomic mass is 19.1. The maximum absolute atomic E-state index is 13.3. The van der Waals surface area contributed by atoms with Crippen molar-refractivity contribution in [2.45, 2.75) is 38.8 Å². The Labute approximate surface area is 184 Å². The third kappa shape index (κ3) is 4.05. The summed E-state index contributed by atoms with van der Waals surface area (Å²) in [5.41, 5.74) is 3.34. The second-order valence-electron chi connectivity index (χ2n) is 8.46. The van der Waals surface area contributed by atoms with Gasteiger partial charge in [-0.15, -0.1) is 5.10 Å². The standard InChI is InChI=1S/C24H25FN6O/c1-16-5-10-21-18(13-16)14-20(24(32)26-21)22(30-11-3-2-4-12-30)23-27-28-29-31(23)15-17-6-8-19(25)9-7-17/h5-10,13-14,22H,2-4,11-12,15H2,1H3,(H,26,32). The number of aromatic nitrogens is 5. The molecule has 1 aliphatic heterocycles. The molecule has 0 radical (unpaired) electrons. The first-order valence-electron chi connectivity index (χ1n) is 11.0. The fourth-order valence-corrected chi connectivity index (χ4v) is 4.50. The van der Waals surface area contributed by atoms with Crippen molar-refractivity contribution in [3.05, 3.63) is 87.2 Å². The Balaban J connectivity index is 1.61. The van der Waals surface area contributed by atoms with E-state index >= 15 is 0 Å². The topological polar surface area (TPSA) is 79.7 Å². The Kier molecular flexibility index (Phi) is 5.53. The third-order valence-corrected chi connectivity index (χ3v) is 6.13. The monoisotopic (exact) mass is 432 g/mol. The van der Waals surface area contributed by atoms with Crippen molar-refractivity contribution in [1.29, 1.82) is 0 Å². The van der Waals surface area contributed by atoms with Crippen LogP contribution in [0.3, 0.4) is 0 Å². The molecule has 164 valence electrons. The number of hydrogen-bond acceptors (Lipinski definition) is 5. The maximum atomic E-state index is 13.3. The van der Waals surface area contributed by atoms with Crippen LogP contribution in [0.1, 0.15) is 47.8 Å². The number of rotatable bonds is 5. The predicted octanol–water partition coefficient (Wildman–Crippen LogP) is 3.59. The molecule has 1 unspecified atom stereocenters. The van der Waals surface area contributed by atoms with Crippen LogP contribution in [0.4, 0.5) is 4.39 Å². The van der Waals surface area contributed by atoms with Crippen LogP contribution in [-0.2, 0) is 6.54 Å². The maximum Gasteiger partial charge on any atom is 0.253 e. The number of nitrogens with zero attached hydrogens (tertiary/aromatic N) is 5. The van der Waals surface area contributed by atoms with Crippen LogP contribution in [0, 0.1) is 12.7 Å². The first-order chi connectivity index (χ1) is 15.6. The number of fused-ring (bicyclic) bond motifs is 1. The lowest BCUT2D eigenvalue weighted by atomic mass is 10.00. The lowest BCUT2D eigenvalue weighted by Gasteiger charge is -2.33. The van der Waals surface area contributed by atoms with Crippen molar-refractivity contribution < 1.29 is 4.39 Å². The van der Waals surface area contributed by atoms with Gasteiger partial charge in [-0.2, -0.15) is 0 Å². The highest BCUT2D eigenvalue weighted by Crippen LogP contribution is 2.29. The Bertz CT molecular complexity index is 1290. The molecule has 0 amide bonds. The van der Waals surface area contributed by atoms with E-state index in [4.69, 9.17) is 0 Å². The largest absolute Gasteiger partial charge is 0.322 e. The summed E-state index contributed by atoms with van der Waals surface area (Å²) in [5.74, 6) is 0.337. The Morgan fingerprint density at radius 1 is 1.06 bits per heavy atom. The van der Waals surface area contributed by atoms with E-state index in [2.05, 4.69) is 31.5 Å². The van der Waals surface area contributed by atoms with Crippen molar-refractivity contribution in [1.82, 2.24) is 30.1 Å². The smallest absolute Gasteiger partial charge is 0.253 e. The molecule has 8 heteroatoms. The summed E-state index contributed by atoms with van der Waals surface area (Å²) in [6.45, 7) is 4.19. The summed E-state index contributed by atoms with van der Waals surface area (Å²) >= 11 is 0. The van der Waals surface area contributed by atoms with E-state index < -0.39 is 0 Å². The minimum absolute atomic E-state index is 0.131. The molecule has 1 fully saturated rings. The Morgan fingerprint density at radius 3 is 2.62 bits per heavy atom. The molecule has 5 rings (SSSR count). The van der Waals surface area contributed by atoms with E-state index in [-0.39, 0.29) is 17.4 Å². The molecule has 32 heavy (non-hydrogen) atoms. The number of nitrogens with one attached hydrogen (secondary N) is 1. The summed E-state index contributed by atoms with van der Waals surface area (Å²) in [4.78, 5) is 18.5. The molecule has 0 bridgehead atoms. The number of aryl methyl sites for hydroxylation is 1. The molecule has 0 aliphatic carbocycles. The van der Waals surface area contributed by atoms with Gasteiger partial charge in [-0.25, -0.2) is 9.07 Å². The summed E-state index contributed by atoms with van der Waals surface area (Å²) in [7, 11) is 0. The molecular formula is C24H25FN6O. The number of piperidine rings is 1. The van der Waals surface area contributed by atoms with E-state index in [1.54, 1.807) is 16.8 Å². The number of pyridine rings is 1. The molecule has 0 saturated carbocycles. The lowest BCUT2D eigenvalue weighted by molar-refractivity contribution is 0.177. The molecule has 1 aliphatic rings. The van der Waals surface area contributed by atoms with Crippen LogP contribution in [0.5, 0.6) is 0 Å². The van der Waals surface area contributed by atoms with Crippen molar-refractivity contribution >= 4 is 10.9 Å². The van der Waals surface area contributed by atoms with E-state index in [0.717, 1.165) is 48.0 Å². The zero-order valence-corrected chi connectivity index (χ0v) is 18.0. The van der Waals surface area contributed by atoms with Gasteiger partial charge >= 0.3 is 0 Å². The number of benzene rings is 2. The fraction of sp³-hybridized carbons (Fsp3) is 0.333. The quantitative estimate of drug-likeness (QED) is 0.521. The average Bonchev–Trinajstić information content (AvgIpc) is 3.24. The van der Waals surface area contributed by atoms with Crippen molar-refractivity contribution in [3.8, 4) is 0 Å². The highest BCUT2D eigenvalue weighted by molar-refractivity contribution is 5.79. The number of hydrogen-bond donors (Lipinski definition) is 1. The van der Waals surface area contributed by atoms with Crippen molar-refractivity contribution in [2.24, 2.45) is 0 Å². The van der Waals surface area contributed by atoms with Gasteiger partial charge in [0.2, 0.25) is 0 Å². The zero-order valence-electron chi connectivity index (χ0n) is 18.0. The summed E-state index contributed by atoms with van der Waals surface area (Å²) in [6.07, 6.45) is 3.32. The summed E-state index contributed by atoms with van der Waals surface area (Å²) < 4.78 is 15.1. The first-order valence-corrected chi connectivity index (χ1v) is 11.0. The Morgan fingerprint density at radius 2 is 1.84 bits per heavy atom. The second-order valence-corrected chi connectivity index (χ2v) is 8.46. The zero-order chi connectivity index (χ0) is 22.1. The summed E-state index contributed by atoms with van der Waals surface area (Å²) in [6, 6.07) is 13.9. The molecular weight excluding hydrogens is 407 g/mol. The van der Waals surface area contributed by atoms with E-state index in [0.29, 0.717) is 17.9 Å². The molecule has 4 aromatic rings. The van der Waals surface area contributed by atoms with Gasteiger partial charge in [0.05, 0.1) is 6.54 Å². The van der Waals surface area contributed by atoms with Crippen LogP contribution >= 0.6 is 0 Å². The molecule has 3 heterocycles. The fourth-order valence-electron chi connectivity index (χ4n) is 4.50. The van der Waals surface area contributed by atoms with Gasteiger partial charge in [-0.3, -0.25) is 9.69 Å². The number of halogens is 1. The highest BCUT2D eigenvalue weighted by Gasteiger charge is 2.31. The van der Waals surface area contributed by atoms with Gasteiger partial charge in [-0.05, 0) is 84.6 Å². The van der Waals surface area contributed by atoms with E-state index in [1.165, 1.54) is 18.6 Å². The molecule has 2 aromatic heterocycles. The average molecular weight is 433 g/mol. The number of H-pyrrole nitrogens is 1. The number of tetrazole rings is 1. The van der Waals surface area contributed by atoms with Crippen LogP contribution < -0.4 is 5.56 Å². The van der Waals surface area contributed by atoms with Gasteiger partial charge in [0, 0.05) is 11.1 Å². The molecule has 7 nitrogen and oxygen atoms in total. The van der Waals surface area contributed by atoms with Crippen LogP contribution in [0.15, 0.2) is 53.3 Å². The van der Waals surface area contributed by atoms with Gasteiger partial charge in [0.15, 0.2) is 5.82 Å². The minimum atomic E-state index is -0.362. The van der Waals surface area contributed by atoms with Gasteiger partial charge in [0.1, 0.15) is 11.9 Å². The van der Waals surface area contributed by atoms with Crippen LogP contribution in [0.2, 0.25) is 0 Å². The lowest BCUT2D eigenvalue weighted by Crippen LogP contribution is -2.38. The minimum Gasteiger partial charge on any atom is -0.322 e. The van der Waals surface area contributed by atoms with Gasteiger partial charge in [0.25, 0.3) is 5.56 Å². The van der Waals surface area contributed by atoms with Gasteiger partial charge < -0.3 is 4.98 Å². The Hall–Kier alpha value is -3.39. The molecule has 2 aromatic carbocycles. The SMILES string of the molecule is Cc1ccc2[nH]c(=O)c(C(c3nnnn3Cc3ccc(F)cc3)N3CCCCC3)cc2c1. The number of aromatic amines is 1. The van der Waals surface area contributed by atoms with Crippen LogP contribution in [-0.4, -0.2) is 43.2 Å².